The van der Waals surface area contributed by atoms with E-state index in [9.17, 15) is 10.1 Å². The van der Waals surface area contributed by atoms with E-state index in [0.717, 1.165) is 23.9 Å². The fourth-order valence-corrected chi connectivity index (χ4v) is 2.81. The van der Waals surface area contributed by atoms with Gasteiger partial charge in [-0.1, -0.05) is 57.6 Å². The highest BCUT2D eigenvalue weighted by molar-refractivity contribution is 5.88. The third kappa shape index (κ3) is 4.06. The van der Waals surface area contributed by atoms with E-state index in [4.69, 9.17) is 0 Å². The van der Waals surface area contributed by atoms with Crippen molar-refractivity contribution in [2.24, 2.45) is 0 Å². The molecular weight excluding hydrogens is 264 g/mol. The average Bonchev–Trinajstić information content (AvgIpc) is 2.89. The summed E-state index contributed by atoms with van der Waals surface area (Å²) in [6.45, 7) is 3.09. The summed E-state index contributed by atoms with van der Waals surface area (Å²) in [5.74, 6) is 0. The molecule has 0 atom stereocenters. The topological polar surface area (TPSA) is 48.1 Å². The highest BCUT2D eigenvalue weighted by Crippen LogP contribution is 2.26. The fourth-order valence-electron chi connectivity index (χ4n) is 2.81. The van der Waals surface area contributed by atoms with Crippen molar-refractivity contribution in [2.75, 3.05) is 0 Å². The normalized spacial score (nSPS) is 11.1. The predicted octanol–water partition coefficient (Wildman–Crippen LogP) is 5.30. The van der Waals surface area contributed by atoms with E-state index in [1.807, 2.05) is 22.9 Å². The molecule has 21 heavy (non-hydrogen) atoms. The lowest BCUT2D eigenvalue weighted by Gasteiger charge is -2.06. The molecule has 0 bridgehead atoms. The molecule has 4 heteroatoms. The Bertz CT molecular complexity index is 589. The van der Waals surface area contributed by atoms with Crippen LogP contribution in [0.4, 0.5) is 5.69 Å². The van der Waals surface area contributed by atoms with Crippen LogP contribution < -0.4 is 0 Å². The van der Waals surface area contributed by atoms with Crippen LogP contribution in [-0.4, -0.2) is 9.49 Å². The van der Waals surface area contributed by atoms with E-state index >= 15 is 0 Å². The van der Waals surface area contributed by atoms with Crippen LogP contribution in [0.25, 0.3) is 10.9 Å². The molecule has 0 aliphatic rings. The van der Waals surface area contributed by atoms with Crippen molar-refractivity contribution in [1.82, 2.24) is 4.57 Å². The van der Waals surface area contributed by atoms with Crippen molar-refractivity contribution in [2.45, 2.75) is 58.4 Å². The van der Waals surface area contributed by atoms with E-state index < -0.39 is 0 Å². The summed E-state index contributed by atoms with van der Waals surface area (Å²) in [6, 6.07) is 7.23. The Morgan fingerprint density at radius 2 is 1.76 bits per heavy atom. The molecule has 0 spiro atoms. The molecule has 2 aromatic rings. The van der Waals surface area contributed by atoms with Gasteiger partial charge in [0.05, 0.1) is 4.92 Å². The van der Waals surface area contributed by atoms with Crippen molar-refractivity contribution in [3.63, 3.8) is 0 Å². The number of para-hydroxylation sites is 1. The number of aromatic nitrogens is 1. The minimum absolute atomic E-state index is 0.209. The number of unbranched alkanes of at least 4 members (excludes halogenated alkanes) is 6. The number of fused-ring (bicyclic) bond motifs is 1. The lowest BCUT2D eigenvalue weighted by molar-refractivity contribution is -0.383. The fraction of sp³-hybridized carbons (Fsp3) is 0.529. The number of hydrogen-bond donors (Lipinski definition) is 0. The van der Waals surface area contributed by atoms with Crippen molar-refractivity contribution in [3.05, 3.63) is 40.6 Å². The zero-order chi connectivity index (χ0) is 15.1. The Hall–Kier alpha value is -1.84. The zero-order valence-corrected chi connectivity index (χ0v) is 12.8. The number of non-ortho nitro benzene ring substituents is 1. The summed E-state index contributed by atoms with van der Waals surface area (Å²) >= 11 is 0. The van der Waals surface area contributed by atoms with E-state index in [2.05, 4.69) is 6.92 Å². The molecule has 1 heterocycles. The van der Waals surface area contributed by atoms with Crippen LogP contribution >= 0.6 is 0 Å². The molecule has 0 unspecified atom stereocenters. The minimum Gasteiger partial charge on any atom is -0.342 e. The second-order valence-corrected chi connectivity index (χ2v) is 5.60. The summed E-state index contributed by atoms with van der Waals surface area (Å²) in [6.07, 6.45) is 10.8. The average molecular weight is 288 g/mol. The third-order valence-electron chi connectivity index (χ3n) is 3.97. The van der Waals surface area contributed by atoms with Crippen LogP contribution in [0, 0.1) is 10.1 Å². The molecule has 2 rings (SSSR count). The van der Waals surface area contributed by atoms with Crippen LogP contribution in [0.3, 0.4) is 0 Å². The molecule has 0 saturated heterocycles. The molecule has 0 N–H and O–H groups in total. The standard InChI is InChI=1S/C17H24N2O2/c1-2-3-4-5-6-7-8-13-18-14-12-15-10-9-11-16(17(15)18)19(20)21/h9-12,14H,2-8,13H2,1H3. The molecule has 1 aromatic carbocycles. The Kier molecular flexibility index (Phi) is 5.78. The smallest absolute Gasteiger partial charge is 0.293 e. The molecule has 0 aliphatic heterocycles. The van der Waals surface area contributed by atoms with Crippen LogP contribution in [0.15, 0.2) is 30.5 Å². The summed E-state index contributed by atoms with van der Waals surface area (Å²) in [7, 11) is 0. The van der Waals surface area contributed by atoms with Crippen molar-refractivity contribution >= 4 is 16.6 Å². The SMILES string of the molecule is CCCCCCCCCn1ccc2cccc([N+](=O)[O-])c21. The van der Waals surface area contributed by atoms with Gasteiger partial charge in [0.1, 0.15) is 5.52 Å². The summed E-state index contributed by atoms with van der Waals surface area (Å²) in [4.78, 5) is 10.8. The monoisotopic (exact) mass is 288 g/mol. The van der Waals surface area contributed by atoms with Gasteiger partial charge in [0, 0.05) is 24.2 Å². The van der Waals surface area contributed by atoms with Gasteiger partial charge in [0.15, 0.2) is 0 Å². The highest BCUT2D eigenvalue weighted by Gasteiger charge is 2.14. The van der Waals surface area contributed by atoms with Crippen molar-refractivity contribution in [3.8, 4) is 0 Å². The number of aryl methyl sites for hydroxylation is 1. The number of nitrogens with zero attached hydrogens (tertiary/aromatic N) is 2. The van der Waals surface area contributed by atoms with Gasteiger partial charge in [-0.3, -0.25) is 10.1 Å². The van der Waals surface area contributed by atoms with E-state index in [1.54, 1.807) is 12.1 Å². The number of nitro groups is 1. The van der Waals surface area contributed by atoms with Gasteiger partial charge >= 0.3 is 0 Å². The molecular formula is C17H24N2O2. The number of hydrogen-bond acceptors (Lipinski definition) is 2. The Labute approximate surface area is 125 Å². The van der Waals surface area contributed by atoms with Gasteiger partial charge in [0.25, 0.3) is 5.69 Å². The highest BCUT2D eigenvalue weighted by atomic mass is 16.6. The summed E-state index contributed by atoms with van der Waals surface area (Å²) in [5.41, 5.74) is 0.967. The molecule has 0 amide bonds. The first-order valence-corrected chi connectivity index (χ1v) is 7.96. The Morgan fingerprint density at radius 3 is 2.48 bits per heavy atom. The van der Waals surface area contributed by atoms with E-state index in [-0.39, 0.29) is 10.6 Å². The molecule has 0 radical (unpaired) electrons. The van der Waals surface area contributed by atoms with Crippen molar-refractivity contribution < 1.29 is 4.92 Å². The number of rotatable bonds is 9. The van der Waals surface area contributed by atoms with Gasteiger partial charge in [-0.05, 0) is 12.5 Å². The molecule has 0 saturated carbocycles. The van der Waals surface area contributed by atoms with Gasteiger partial charge in [-0.25, -0.2) is 0 Å². The van der Waals surface area contributed by atoms with Crippen molar-refractivity contribution in [1.29, 1.82) is 0 Å². The first kappa shape index (κ1) is 15.5. The lowest BCUT2D eigenvalue weighted by Crippen LogP contribution is -1.99. The molecule has 114 valence electrons. The van der Waals surface area contributed by atoms with Crippen LogP contribution in [-0.2, 0) is 6.54 Å². The maximum absolute atomic E-state index is 11.1. The molecule has 4 nitrogen and oxygen atoms in total. The zero-order valence-electron chi connectivity index (χ0n) is 12.8. The number of benzene rings is 1. The van der Waals surface area contributed by atoms with Crippen LogP contribution in [0.1, 0.15) is 51.9 Å². The third-order valence-corrected chi connectivity index (χ3v) is 3.97. The van der Waals surface area contributed by atoms with Gasteiger partial charge in [0.2, 0.25) is 0 Å². The maximum atomic E-state index is 11.1. The summed E-state index contributed by atoms with van der Waals surface area (Å²) < 4.78 is 2.03. The second-order valence-electron chi connectivity index (χ2n) is 5.60. The van der Waals surface area contributed by atoms with Gasteiger partial charge in [-0.2, -0.15) is 0 Å². The largest absolute Gasteiger partial charge is 0.342 e. The Balaban J connectivity index is 1.92. The van der Waals surface area contributed by atoms with Gasteiger partial charge in [-0.15, -0.1) is 0 Å². The molecule has 0 fully saturated rings. The number of nitro benzene ring substituents is 1. The first-order valence-electron chi connectivity index (χ1n) is 7.96. The Morgan fingerprint density at radius 1 is 1.05 bits per heavy atom. The molecule has 1 aromatic heterocycles. The quantitative estimate of drug-likeness (QED) is 0.357. The lowest BCUT2D eigenvalue weighted by atomic mass is 10.1. The van der Waals surface area contributed by atoms with E-state index in [0.29, 0.717) is 0 Å². The minimum atomic E-state index is -0.288. The predicted molar refractivity (Wildman–Crippen MR) is 86.6 cm³/mol. The summed E-state index contributed by atoms with van der Waals surface area (Å²) in [5, 5.41) is 12.1. The second kappa shape index (κ2) is 7.81. The van der Waals surface area contributed by atoms with Crippen LogP contribution in [0.2, 0.25) is 0 Å². The first-order chi connectivity index (χ1) is 10.2. The maximum Gasteiger partial charge on any atom is 0.293 e. The van der Waals surface area contributed by atoms with Gasteiger partial charge < -0.3 is 4.57 Å². The van der Waals surface area contributed by atoms with Crippen LogP contribution in [0.5, 0.6) is 0 Å². The van der Waals surface area contributed by atoms with E-state index in [1.165, 1.54) is 38.5 Å². The molecule has 0 aliphatic carbocycles.